The van der Waals surface area contributed by atoms with Crippen LogP contribution in [0.15, 0.2) is 0 Å². The van der Waals surface area contributed by atoms with Gasteiger partial charge in [0.05, 0.1) is 6.10 Å². The molecule has 0 saturated heterocycles. The smallest absolute Gasteiger partial charge is 0.304 e. The third kappa shape index (κ3) is 5.40. The van der Waals surface area contributed by atoms with Crippen LogP contribution >= 0.6 is 8.03 Å². The molecule has 0 aliphatic rings. The molecule has 0 N–H and O–H groups in total. The SMILES string of the molecule is CC(=O)OC(C#N)[PH](=O)OC(C)C. The van der Waals surface area contributed by atoms with Gasteiger partial charge in [0.1, 0.15) is 6.07 Å². The average molecular weight is 205 g/mol. The maximum absolute atomic E-state index is 11.2. The fraction of sp³-hybridized carbons (Fsp3) is 0.714. The summed E-state index contributed by atoms with van der Waals surface area (Å²) in [6.45, 7) is 4.52. The van der Waals surface area contributed by atoms with Crippen LogP contribution in [-0.4, -0.2) is 17.9 Å². The normalized spacial score (nSPS) is 14.7. The van der Waals surface area contributed by atoms with Crippen molar-refractivity contribution >= 4 is 14.0 Å². The summed E-state index contributed by atoms with van der Waals surface area (Å²) >= 11 is 0. The van der Waals surface area contributed by atoms with Gasteiger partial charge in [-0.25, -0.2) is 0 Å². The summed E-state index contributed by atoms with van der Waals surface area (Å²) in [5, 5.41) is 8.48. The zero-order valence-electron chi connectivity index (χ0n) is 7.73. The van der Waals surface area contributed by atoms with E-state index in [1.54, 1.807) is 19.9 Å². The summed E-state index contributed by atoms with van der Waals surface area (Å²) in [6, 6.07) is 1.60. The molecule has 5 nitrogen and oxygen atoms in total. The molecular weight excluding hydrogens is 193 g/mol. The zero-order valence-corrected chi connectivity index (χ0v) is 8.73. The Morgan fingerprint density at radius 3 is 2.38 bits per heavy atom. The first-order chi connectivity index (χ1) is 5.97. The lowest BCUT2D eigenvalue weighted by Gasteiger charge is -2.11. The second kappa shape index (κ2) is 5.74. The van der Waals surface area contributed by atoms with Gasteiger partial charge in [0.25, 0.3) is 5.85 Å². The van der Waals surface area contributed by atoms with Gasteiger partial charge in [0.15, 0.2) is 0 Å². The average Bonchev–Trinajstić information content (AvgIpc) is 1.98. The lowest BCUT2D eigenvalue weighted by Crippen LogP contribution is -2.12. The largest absolute Gasteiger partial charge is 0.437 e. The molecule has 0 aromatic heterocycles. The quantitative estimate of drug-likeness (QED) is 0.510. The predicted octanol–water partition coefficient (Wildman–Crippen LogP) is 1.30. The molecule has 0 aliphatic carbocycles. The molecule has 6 heteroatoms. The number of nitriles is 1. The first kappa shape index (κ1) is 12.2. The Morgan fingerprint density at radius 1 is 1.54 bits per heavy atom. The fourth-order valence-corrected chi connectivity index (χ4v) is 1.54. The second-order valence-corrected chi connectivity index (χ2v) is 4.00. The van der Waals surface area contributed by atoms with Gasteiger partial charge in [-0.1, -0.05) is 0 Å². The van der Waals surface area contributed by atoms with E-state index in [4.69, 9.17) is 9.79 Å². The molecule has 0 radical (unpaired) electrons. The molecule has 0 bridgehead atoms. The Bertz CT molecular complexity index is 245. The maximum Gasteiger partial charge on any atom is 0.304 e. The molecule has 0 heterocycles. The van der Waals surface area contributed by atoms with Crippen molar-refractivity contribution in [2.75, 3.05) is 0 Å². The maximum atomic E-state index is 11.2. The molecule has 0 aliphatic heterocycles. The zero-order chi connectivity index (χ0) is 10.4. The van der Waals surface area contributed by atoms with Gasteiger partial charge in [0.2, 0.25) is 8.03 Å². The predicted molar refractivity (Wildman–Crippen MR) is 46.4 cm³/mol. The highest BCUT2D eigenvalue weighted by molar-refractivity contribution is 7.40. The molecule has 0 spiro atoms. The van der Waals surface area contributed by atoms with Crippen LogP contribution in [0.25, 0.3) is 0 Å². The number of esters is 1. The van der Waals surface area contributed by atoms with E-state index in [2.05, 4.69) is 4.74 Å². The Hall–Kier alpha value is -0.850. The summed E-state index contributed by atoms with van der Waals surface area (Å²) in [4.78, 5) is 10.5. The van der Waals surface area contributed by atoms with Crippen molar-refractivity contribution in [3.05, 3.63) is 0 Å². The van der Waals surface area contributed by atoms with Gasteiger partial charge < -0.3 is 9.26 Å². The number of hydrogen-bond acceptors (Lipinski definition) is 5. The third-order valence-electron chi connectivity index (χ3n) is 0.967. The first-order valence-corrected chi connectivity index (χ1v) is 5.14. The number of carbonyl (C=O) groups is 1. The fourth-order valence-electron chi connectivity index (χ4n) is 0.587. The van der Waals surface area contributed by atoms with Gasteiger partial charge in [-0.05, 0) is 13.8 Å². The minimum atomic E-state index is -2.63. The summed E-state index contributed by atoms with van der Waals surface area (Å²) in [5.41, 5.74) is 0. The van der Waals surface area contributed by atoms with Crippen LogP contribution < -0.4 is 0 Å². The van der Waals surface area contributed by atoms with Crippen molar-refractivity contribution < 1.29 is 18.6 Å². The standard InChI is InChI=1S/C7H12NO4P/c1-5(2)12-13(10)7(4-8)11-6(3)9/h5,7,13H,1-3H3. The number of nitrogens with zero attached hydrogens (tertiary/aromatic N) is 1. The van der Waals surface area contributed by atoms with Crippen molar-refractivity contribution in [3.63, 3.8) is 0 Å². The summed E-state index contributed by atoms with van der Waals surface area (Å²) in [6.07, 6.45) is -0.252. The van der Waals surface area contributed by atoms with Crippen LogP contribution in [0, 0.1) is 11.3 Å². The third-order valence-corrected chi connectivity index (χ3v) is 2.35. The lowest BCUT2D eigenvalue weighted by atomic mass is 10.5. The molecule has 0 fully saturated rings. The highest BCUT2D eigenvalue weighted by atomic mass is 31.1. The molecule has 2 unspecified atom stereocenters. The second-order valence-electron chi connectivity index (χ2n) is 2.60. The molecule has 0 aromatic rings. The van der Waals surface area contributed by atoms with Crippen LogP contribution in [0.2, 0.25) is 0 Å². The van der Waals surface area contributed by atoms with Crippen LogP contribution in [0.3, 0.4) is 0 Å². The molecule has 0 amide bonds. The lowest BCUT2D eigenvalue weighted by molar-refractivity contribution is -0.141. The number of carbonyl (C=O) groups excluding carboxylic acids is 1. The van der Waals surface area contributed by atoms with Crippen molar-refractivity contribution in [2.24, 2.45) is 0 Å². The minimum Gasteiger partial charge on any atom is -0.437 e. The van der Waals surface area contributed by atoms with Gasteiger partial charge in [-0.3, -0.25) is 9.36 Å². The number of rotatable bonds is 4. The van der Waals surface area contributed by atoms with E-state index in [9.17, 15) is 9.36 Å². The topological polar surface area (TPSA) is 76.4 Å². The van der Waals surface area contributed by atoms with Crippen molar-refractivity contribution in [3.8, 4) is 6.07 Å². The van der Waals surface area contributed by atoms with Crippen LogP contribution in [0.1, 0.15) is 20.8 Å². The van der Waals surface area contributed by atoms with Crippen LogP contribution in [0.5, 0.6) is 0 Å². The summed E-state index contributed by atoms with van der Waals surface area (Å²) < 4.78 is 20.5. The van der Waals surface area contributed by atoms with Gasteiger partial charge >= 0.3 is 5.97 Å². The molecule has 2 atom stereocenters. The monoisotopic (exact) mass is 205 g/mol. The molecule has 13 heavy (non-hydrogen) atoms. The van der Waals surface area contributed by atoms with Crippen molar-refractivity contribution in [1.82, 2.24) is 0 Å². The summed E-state index contributed by atoms with van der Waals surface area (Å²) in [5.74, 6) is -1.91. The minimum absolute atomic E-state index is 0.252. The van der Waals surface area contributed by atoms with Gasteiger partial charge in [-0.2, -0.15) is 5.26 Å². The van der Waals surface area contributed by atoms with Crippen molar-refractivity contribution in [2.45, 2.75) is 32.7 Å². The highest BCUT2D eigenvalue weighted by Gasteiger charge is 2.20. The highest BCUT2D eigenvalue weighted by Crippen LogP contribution is 2.31. The van der Waals surface area contributed by atoms with E-state index in [-0.39, 0.29) is 6.10 Å². The number of hydrogen-bond donors (Lipinski definition) is 0. The van der Waals surface area contributed by atoms with Gasteiger partial charge in [0, 0.05) is 6.92 Å². The van der Waals surface area contributed by atoms with E-state index in [0.717, 1.165) is 6.92 Å². The van der Waals surface area contributed by atoms with Gasteiger partial charge in [-0.15, -0.1) is 0 Å². The van der Waals surface area contributed by atoms with E-state index < -0.39 is 19.8 Å². The molecule has 74 valence electrons. The van der Waals surface area contributed by atoms with E-state index in [0.29, 0.717) is 0 Å². The van der Waals surface area contributed by atoms with Crippen molar-refractivity contribution in [1.29, 1.82) is 5.26 Å². The van der Waals surface area contributed by atoms with E-state index in [1.165, 1.54) is 0 Å². The van der Waals surface area contributed by atoms with E-state index >= 15 is 0 Å². The Labute approximate surface area is 77.5 Å². The molecule has 0 saturated carbocycles. The molecule has 0 aromatic carbocycles. The molecule has 0 rings (SSSR count). The summed E-state index contributed by atoms with van der Waals surface area (Å²) in [7, 11) is -2.63. The Morgan fingerprint density at radius 2 is 2.08 bits per heavy atom. The van der Waals surface area contributed by atoms with E-state index in [1.807, 2.05) is 0 Å². The Balaban J connectivity index is 4.18. The molecular formula is C7H12NO4P. The Kier molecular flexibility index (Phi) is 5.36. The van der Waals surface area contributed by atoms with Crippen LogP contribution in [-0.2, 0) is 18.6 Å². The van der Waals surface area contributed by atoms with Crippen LogP contribution in [0.4, 0.5) is 0 Å². The first-order valence-electron chi connectivity index (χ1n) is 3.74. The number of ether oxygens (including phenoxy) is 1.